The zero-order valence-corrected chi connectivity index (χ0v) is 26.1. The molecule has 0 unspecified atom stereocenters. The Labute approximate surface area is 269 Å². The second-order valence-electron chi connectivity index (χ2n) is 12.3. The number of rotatable bonds is 1. The van der Waals surface area contributed by atoms with E-state index in [4.69, 9.17) is 28.2 Å². The van der Waals surface area contributed by atoms with Gasteiger partial charge in [0.1, 0.15) is 5.65 Å². The number of fused-ring (bicyclic) bond motifs is 6. The third kappa shape index (κ3) is 2.91. The number of hydrogen-bond donors (Lipinski definition) is 0. The topological polar surface area (TPSA) is 56.4 Å². The first kappa shape index (κ1) is 26.0. The number of nitrogens with zero attached hydrogens (tertiary/aromatic N) is 3. The summed E-state index contributed by atoms with van der Waals surface area (Å²) in [5, 5.41) is 11.1. The highest BCUT2D eigenvalue weighted by atomic mass is 35.5. The molecule has 0 bridgehead atoms. The number of halogens is 2. The first-order valence-electron chi connectivity index (χ1n) is 15.0. The van der Waals surface area contributed by atoms with Crippen LogP contribution in [-0.2, 0) is 0 Å². The van der Waals surface area contributed by atoms with Crippen molar-refractivity contribution < 1.29 is 0 Å². The van der Waals surface area contributed by atoms with Gasteiger partial charge in [-0.1, -0.05) is 66.2 Å². The van der Waals surface area contributed by atoms with Gasteiger partial charge in [0.25, 0.3) is 11.1 Å². The fraction of sp³-hybridized carbons (Fsp3) is 0.0513. The zero-order chi connectivity index (χ0) is 31.3. The molecule has 7 aromatic carbocycles. The van der Waals surface area contributed by atoms with E-state index in [0.717, 1.165) is 81.7 Å². The molecule has 3 aromatic heterocycles. The third-order valence-electron chi connectivity index (χ3n) is 9.91. The van der Waals surface area contributed by atoms with Crippen LogP contribution < -0.4 is 16.5 Å². The predicted molar refractivity (Wildman–Crippen MR) is 192 cm³/mol. The first-order valence-corrected chi connectivity index (χ1v) is 15.7. The molecular formula is C39H21Cl2N3O2. The zero-order valence-electron chi connectivity index (χ0n) is 24.6. The molecular weight excluding hydrogens is 613 g/mol. The quantitative estimate of drug-likeness (QED) is 0.134. The fourth-order valence-electron chi connectivity index (χ4n) is 8.03. The lowest BCUT2D eigenvalue weighted by molar-refractivity contribution is 0.968. The largest absolute Gasteiger partial charge is 0.277 e. The summed E-state index contributed by atoms with van der Waals surface area (Å²) >= 11 is 14.5. The molecule has 0 saturated carbocycles. The summed E-state index contributed by atoms with van der Waals surface area (Å²) < 4.78 is 3.37. The van der Waals surface area contributed by atoms with Crippen LogP contribution >= 0.6 is 23.2 Å². The Bertz CT molecular complexity index is 3160. The van der Waals surface area contributed by atoms with Crippen LogP contribution in [0.4, 0.5) is 0 Å². The van der Waals surface area contributed by atoms with E-state index in [0.29, 0.717) is 31.8 Å². The molecule has 0 atom stereocenters. The van der Waals surface area contributed by atoms with Gasteiger partial charge in [0.15, 0.2) is 0 Å². The van der Waals surface area contributed by atoms with Gasteiger partial charge in [-0.25, -0.2) is 4.98 Å². The fourth-order valence-corrected chi connectivity index (χ4v) is 8.63. The van der Waals surface area contributed by atoms with Crippen molar-refractivity contribution in [2.45, 2.75) is 13.8 Å². The number of aryl methyl sites for hydroxylation is 2. The highest BCUT2D eigenvalue weighted by molar-refractivity contribution is 6.51. The van der Waals surface area contributed by atoms with Crippen molar-refractivity contribution in [2.24, 2.45) is 0 Å². The Balaban J connectivity index is 1.49. The van der Waals surface area contributed by atoms with Gasteiger partial charge in [-0.15, -0.1) is 0 Å². The molecule has 3 heterocycles. The molecule has 46 heavy (non-hydrogen) atoms. The molecule has 10 aromatic rings. The molecule has 0 aliphatic heterocycles. The number of pyridine rings is 2. The number of benzene rings is 7. The summed E-state index contributed by atoms with van der Waals surface area (Å²) in [4.78, 5) is 33.4. The van der Waals surface area contributed by atoms with E-state index in [1.54, 1.807) is 15.0 Å². The highest BCUT2D eigenvalue weighted by Crippen LogP contribution is 2.50. The van der Waals surface area contributed by atoms with Gasteiger partial charge in [-0.2, -0.15) is 0 Å². The summed E-state index contributed by atoms with van der Waals surface area (Å²) in [7, 11) is 0. The van der Waals surface area contributed by atoms with Gasteiger partial charge in [0.05, 0.1) is 22.1 Å². The lowest BCUT2D eigenvalue weighted by Gasteiger charge is -2.22. The standard InChI is InChI=1S/C39H21Cl2N3O2/c1-17-8-4-6-10-28(17)43-19(3)22-15-25(40)35-34-26(41)16-24-31-21(37-42-27-9-5-7-11-29(27)44(37)39(24)46)13-12-20(33(31)34)30-18(2)14-23(38(43)45)32(22)36(30)35/h4-16H,3H2,1-2H3. The number of para-hydroxylation sites is 3. The van der Waals surface area contributed by atoms with E-state index in [-0.39, 0.29) is 11.1 Å². The van der Waals surface area contributed by atoms with Crippen LogP contribution in [0, 0.1) is 13.8 Å². The van der Waals surface area contributed by atoms with Crippen LogP contribution in [0.2, 0.25) is 10.0 Å². The molecule has 0 aliphatic carbocycles. The highest BCUT2D eigenvalue weighted by Gasteiger charge is 2.26. The van der Waals surface area contributed by atoms with Crippen molar-refractivity contribution in [1.29, 1.82) is 0 Å². The number of aromatic nitrogens is 3. The Morgan fingerprint density at radius 2 is 1.26 bits per heavy atom. The second kappa shape index (κ2) is 8.52. The van der Waals surface area contributed by atoms with Crippen molar-refractivity contribution in [3.63, 3.8) is 0 Å². The van der Waals surface area contributed by atoms with Gasteiger partial charge in [0, 0.05) is 63.9 Å². The average Bonchev–Trinajstić information content (AvgIpc) is 3.44. The Morgan fingerprint density at radius 3 is 2.07 bits per heavy atom. The van der Waals surface area contributed by atoms with Crippen molar-refractivity contribution in [3.8, 4) is 5.69 Å². The lowest BCUT2D eigenvalue weighted by atomic mass is 9.84. The lowest BCUT2D eigenvalue weighted by Crippen LogP contribution is -2.32. The van der Waals surface area contributed by atoms with Crippen LogP contribution in [-0.4, -0.2) is 14.0 Å². The van der Waals surface area contributed by atoms with Crippen LogP contribution in [0.3, 0.4) is 0 Å². The molecule has 0 N–H and O–H groups in total. The molecule has 0 spiro atoms. The van der Waals surface area contributed by atoms with Crippen molar-refractivity contribution in [3.05, 3.63) is 126 Å². The maximum Gasteiger partial charge on any atom is 0.264 e. The van der Waals surface area contributed by atoms with Crippen LogP contribution in [0.25, 0.3) is 93.6 Å². The van der Waals surface area contributed by atoms with Gasteiger partial charge in [-0.05, 0) is 78.2 Å². The van der Waals surface area contributed by atoms with Gasteiger partial charge < -0.3 is 0 Å². The van der Waals surface area contributed by atoms with E-state index in [1.165, 1.54) is 0 Å². The molecule has 0 fully saturated rings. The minimum Gasteiger partial charge on any atom is -0.277 e. The normalized spacial score (nSPS) is 12.6. The summed E-state index contributed by atoms with van der Waals surface area (Å²) in [5.41, 5.74) is 4.49. The average molecular weight is 635 g/mol. The van der Waals surface area contributed by atoms with E-state index in [9.17, 15) is 9.59 Å². The molecule has 7 heteroatoms. The van der Waals surface area contributed by atoms with Gasteiger partial charge in [-0.3, -0.25) is 18.6 Å². The predicted octanol–water partition coefficient (Wildman–Crippen LogP) is 8.85. The second-order valence-corrected chi connectivity index (χ2v) is 13.1. The Morgan fingerprint density at radius 1 is 0.609 bits per heavy atom. The van der Waals surface area contributed by atoms with Gasteiger partial charge >= 0.3 is 0 Å². The summed E-state index contributed by atoms with van der Waals surface area (Å²) in [6.45, 7) is 8.43. The summed E-state index contributed by atoms with van der Waals surface area (Å²) in [5.74, 6) is 0. The van der Waals surface area contributed by atoms with E-state index in [2.05, 4.69) is 18.7 Å². The molecule has 218 valence electrons. The molecule has 0 radical (unpaired) electrons. The van der Waals surface area contributed by atoms with Crippen LogP contribution in [0.1, 0.15) is 11.1 Å². The molecule has 0 saturated heterocycles. The minimum atomic E-state index is -0.168. The van der Waals surface area contributed by atoms with Crippen LogP contribution in [0.15, 0.2) is 88.5 Å². The van der Waals surface area contributed by atoms with Gasteiger partial charge in [0.2, 0.25) is 0 Å². The Hall–Kier alpha value is -5.23. The maximum atomic E-state index is 14.4. The van der Waals surface area contributed by atoms with Crippen LogP contribution in [0.5, 0.6) is 0 Å². The molecule has 0 aliphatic rings. The number of hydrogen-bond acceptors (Lipinski definition) is 3. The van der Waals surface area contributed by atoms with E-state index >= 15 is 0 Å². The van der Waals surface area contributed by atoms with E-state index in [1.807, 2.05) is 74.5 Å². The van der Waals surface area contributed by atoms with E-state index < -0.39 is 0 Å². The third-order valence-corrected chi connectivity index (χ3v) is 10.5. The first-order chi connectivity index (χ1) is 22.3. The molecule has 5 nitrogen and oxygen atoms in total. The molecule has 10 rings (SSSR count). The molecule has 0 amide bonds. The maximum absolute atomic E-state index is 14.4. The van der Waals surface area contributed by atoms with Crippen molar-refractivity contribution in [2.75, 3.05) is 0 Å². The number of imidazole rings is 1. The SMILES string of the molecule is C=c1c2cc(Cl)c3c4c(Cl)cc5c(=O)n6c7ccccc7nc6c6ccc(c7c(C)cc(c(=O)n1-c1ccccc1C)c2c73)c4c56. The smallest absolute Gasteiger partial charge is 0.264 e. The van der Waals surface area contributed by atoms with Crippen molar-refractivity contribution in [1.82, 2.24) is 14.0 Å². The minimum absolute atomic E-state index is 0.138. The summed E-state index contributed by atoms with van der Waals surface area (Å²) in [6.07, 6.45) is 0. The monoisotopic (exact) mass is 633 g/mol. The van der Waals surface area contributed by atoms with Crippen molar-refractivity contribution >= 4 is 111 Å². The Kier molecular flexibility index (Phi) is 4.82. The summed E-state index contributed by atoms with van der Waals surface area (Å²) in [6, 6.07) is 25.3.